The van der Waals surface area contributed by atoms with Crippen molar-refractivity contribution in [1.82, 2.24) is 5.43 Å². The van der Waals surface area contributed by atoms with Gasteiger partial charge in [-0.15, -0.1) is 0 Å². The van der Waals surface area contributed by atoms with Crippen LogP contribution in [0.5, 0.6) is 0 Å². The van der Waals surface area contributed by atoms with Crippen molar-refractivity contribution < 1.29 is 24.2 Å². The normalized spacial score (nSPS) is 14.6. The lowest BCUT2D eigenvalue weighted by Gasteiger charge is -2.17. The maximum absolute atomic E-state index is 12.7. The molecule has 0 aromatic heterocycles. The van der Waals surface area contributed by atoms with Crippen molar-refractivity contribution in [2.24, 2.45) is 5.10 Å². The van der Waals surface area contributed by atoms with Crippen LogP contribution < -0.4 is 16.1 Å². The Balaban J connectivity index is 1.29. The number of hydrogen-bond donors (Lipinski definition) is 4. The SMILES string of the molecule is O=C(O)CC1CCCc2ccc(NC(=O)c3ccc(C=NNC(=O)OCc4ccccc4)cc3)cc2N1. The number of hydrazone groups is 1. The zero-order chi connectivity index (χ0) is 26.0. The minimum atomic E-state index is -0.835. The van der Waals surface area contributed by atoms with Gasteiger partial charge in [0, 0.05) is 23.0 Å². The fourth-order valence-corrected chi connectivity index (χ4v) is 4.04. The first-order valence-corrected chi connectivity index (χ1v) is 12.0. The van der Waals surface area contributed by atoms with Crippen LogP contribution in [0.25, 0.3) is 0 Å². The third-order valence-corrected chi connectivity index (χ3v) is 5.90. The lowest BCUT2D eigenvalue weighted by atomic mass is 10.1. The van der Waals surface area contributed by atoms with Gasteiger partial charge in [-0.05, 0) is 60.2 Å². The van der Waals surface area contributed by atoms with Crippen LogP contribution in [0.4, 0.5) is 16.2 Å². The van der Waals surface area contributed by atoms with Gasteiger partial charge >= 0.3 is 12.1 Å². The van der Waals surface area contributed by atoms with Gasteiger partial charge in [0.2, 0.25) is 0 Å². The molecule has 3 aromatic carbocycles. The highest BCUT2D eigenvalue weighted by Crippen LogP contribution is 2.28. The van der Waals surface area contributed by atoms with Crippen LogP contribution >= 0.6 is 0 Å². The summed E-state index contributed by atoms with van der Waals surface area (Å²) in [5, 5.41) is 19.2. The Morgan fingerprint density at radius 1 is 1.05 bits per heavy atom. The van der Waals surface area contributed by atoms with E-state index in [2.05, 4.69) is 21.2 Å². The minimum absolute atomic E-state index is 0.0517. The molecule has 1 unspecified atom stereocenters. The lowest BCUT2D eigenvalue weighted by Crippen LogP contribution is -2.22. The van der Waals surface area contributed by atoms with Crippen LogP contribution in [0, 0.1) is 0 Å². The first-order chi connectivity index (χ1) is 18.0. The smallest absolute Gasteiger partial charge is 0.428 e. The van der Waals surface area contributed by atoms with Crippen molar-refractivity contribution in [3.05, 3.63) is 95.1 Å². The van der Waals surface area contributed by atoms with Crippen LogP contribution in [0.3, 0.4) is 0 Å². The number of rotatable bonds is 8. The molecule has 2 amide bonds. The molecule has 3 aromatic rings. The lowest BCUT2D eigenvalue weighted by molar-refractivity contribution is -0.137. The number of fused-ring (bicyclic) bond motifs is 1. The molecular weight excluding hydrogens is 472 g/mol. The molecule has 4 N–H and O–H groups in total. The van der Waals surface area contributed by atoms with Gasteiger partial charge in [0.1, 0.15) is 6.61 Å². The average molecular weight is 501 g/mol. The number of aryl methyl sites for hydroxylation is 1. The second kappa shape index (κ2) is 12.3. The zero-order valence-corrected chi connectivity index (χ0v) is 20.1. The van der Waals surface area contributed by atoms with Gasteiger partial charge in [-0.3, -0.25) is 9.59 Å². The van der Waals surface area contributed by atoms with E-state index in [9.17, 15) is 14.4 Å². The van der Waals surface area contributed by atoms with E-state index in [1.165, 1.54) is 6.21 Å². The highest BCUT2D eigenvalue weighted by molar-refractivity contribution is 6.04. The summed E-state index contributed by atoms with van der Waals surface area (Å²) in [6, 6.07) is 21.6. The Labute approximate surface area is 214 Å². The van der Waals surface area contributed by atoms with Gasteiger partial charge in [-0.2, -0.15) is 5.10 Å². The van der Waals surface area contributed by atoms with E-state index >= 15 is 0 Å². The number of carbonyl (C=O) groups is 3. The van der Waals surface area contributed by atoms with E-state index in [0.29, 0.717) is 16.8 Å². The average Bonchev–Trinajstić information content (AvgIpc) is 3.09. The molecule has 0 bridgehead atoms. The predicted molar refractivity (Wildman–Crippen MR) is 141 cm³/mol. The number of benzene rings is 3. The number of carboxylic acid groups (broad SMARTS) is 1. The van der Waals surface area contributed by atoms with E-state index in [4.69, 9.17) is 9.84 Å². The fourth-order valence-electron chi connectivity index (χ4n) is 4.04. The number of amides is 2. The largest absolute Gasteiger partial charge is 0.481 e. The number of ether oxygens (including phenoxy) is 1. The summed E-state index contributed by atoms with van der Waals surface area (Å²) >= 11 is 0. The number of anilines is 2. The number of nitrogens with one attached hydrogen (secondary N) is 3. The Bertz CT molecular complexity index is 1280. The second-order valence-electron chi connectivity index (χ2n) is 8.71. The number of aliphatic carboxylic acids is 1. The van der Waals surface area contributed by atoms with Gasteiger partial charge < -0.3 is 20.5 Å². The third kappa shape index (κ3) is 7.66. The standard InChI is InChI=1S/C28H28N4O5/c33-26(34)16-23-8-4-7-21-13-14-24(15-25(21)30-23)31-27(35)22-11-9-19(10-12-22)17-29-32-28(36)37-18-20-5-2-1-3-6-20/h1-3,5-6,9-15,17,23,30H,4,7-8,16,18H2,(H,31,35)(H,32,36)(H,33,34). The quantitative estimate of drug-likeness (QED) is 0.260. The van der Waals surface area contributed by atoms with E-state index in [1.54, 1.807) is 24.3 Å². The summed E-state index contributed by atoms with van der Waals surface area (Å²) < 4.78 is 5.09. The van der Waals surface area contributed by atoms with Crippen LogP contribution in [-0.2, 0) is 22.6 Å². The number of nitrogens with zero attached hydrogens (tertiary/aromatic N) is 1. The summed E-state index contributed by atoms with van der Waals surface area (Å²) in [4.78, 5) is 35.6. The van der Waals surface area contributed by atoms with Crippen molar-refractivity contribution in [1.29, 1.82) is 0 Å². The van der Waals surface area contributed by atoms with Crippen LogP contribution in [0.2, 0.25) is 0 Å². The minimum Gasteiger partial charge on any atom is -0.481 e. The highest BCUT2D eigenvalue weighted by atomic mass is 16.6. The zero-order valence-electron chi connectivity index (χ0n) is 20.1. The Morgan fingerprint density at radius 2 is 1.84 bits per heavy atom. The first-order valence-electron chi connectivity index (χ1n) is 12.0. The number of carbonyl (C=O) groups excluding carboxylic acids is 2. The number of hydrogen-bond acceptors (Lipinski definition) is 6. The Hall–Kier alpha value is -4.66. The molecule has 1 atom stereocenters. The highest BCUT2D eigenvalue weighted by Gasteiger charge is 2.19. The van der Waals surface area contributed by atoms with Crippen LogP contribution in [0.15, 0.2) is 77.9 Å². The molecule has 0 fully saturated rings. The van der Waals surface area contributed by atoms with Gasteiger partial charge in [0.15, 0.2) is 0 Å². The van der Waals surface area contributed by atoms with Crippen molar-refractivity contribution >= 4 is 35.6 Å². The van der Waals surface area contributed by atoms with Crippen molar-refractivity contribution in [2.45, 2.75) is 38.3 Å². The summed E-state index contributed by atoms with van der Waals surface area (Å²) in [6.45, 7) is 0.148. The Morgan fingerprint density at radius 3 is 2.59 bits per heavy atom. The molecule has 190 valence electrons. The molecule has 1 aliphatic rings. The van der Waals surface area contributed by atoms with E-state index in [0.717, 1.165) is 36.1 Å². The molecule has 4 rings (SSSR count). The molecule has 0 saturated heterocycles. The fraction of sp³-hybridized carbons (Fsp3) is 0.214. The maximum Gasteiger partial charge on any atom is 0.428 e. The molecule has 1 heterocycles. The molecular formula is C28H28N4O5. The molecule has 9 heteroatoms. The summed E-state index contributed by atoms with van der Waals surface area (Å²) in [5.41, 5.74) is 6.91. The summed E-state index contributed by atoms with van der Waals surface area (Å²) in [6.07, 6.45) is 3.38. The summed E-state index contributed by atoms with van der Waals surface area (Å²) in [7, 11) is 0. The van der Waals surface area contributed by atoms with Gasteiger partial charge in [-0.25, -0.2) is 10.2 Å². The molecule has 0 aliphatic carbocycles. The van der Waals surface area contributed by atoms with Gasteiger partial charge in [0.25, 0.3) is 5.91 Å². The predicted octanol–water partition coefficient (Wildman–Crippen LogP) is 4.79. The Kier molecular flexibility index (Phi) is 8.49. The second-order valence-corrected chi connectivity index (χ2v) is 8.71. The third-order valence-electron chi connectivity index (χ3n) is 5.90. The van der Waals surface area contributed by atoms with E-state index in [-0.39, 0.29) is 25.0 Å². The first kappa shape index (κ1) is 25.4. The number of carboxylic acids is 1. The van der Waals surface area contributed by atoms with Crippen LogP contribution in [-0.4, -0.2) is 35.3 Å². The topological polar surface area (TPSA) is 129 Å². The molecule has 9 nitrogen and oxygen atoms in total. The molecule has 0 spiro atoms. The van der Waals surface area contributed by atoms with Crippen molar-refractivity contribution in [3.63, 3.8) is 0 Å². The molecule has 37 heavy (non-hydrogen) atoms. The molecule has 0 saturated carbocycles. The molecule has 0 radical (unpaired) electrons. The van der Waals surface area contributed by atoms with Crippen LogP contribution in [0.1, 0.15) is 46.3 Å². The van der Waals surface area contributed by atoms with E-state index in [1.807, 2.05) is 48.5 Å². The van der Waals surface area contributed by atoms with E-state index < -0.39 is 12.1 Å². The maximum atomic E-state index is 12.7. The summed E-state index contributed by atoms with van der Waals surface area (Å²) in [5.74, 6) is -1.11. The van der Waals surface area contributed by atoms with Gasteiger partial charge in [-0.1, -0.05) is 48.5 Å². The monoisotopic (exact) mass is 500 g/mol. The molecule has 1 aliphatic heterocycles. The van der Waals surface area contributed by atoms with Crippen molar-refractivity contribution in [2.75, 3.05) is 10.6 Å². The van der Waals surface area contributed by atoms with Gasteiger partial charge in [0.05, 0.1) is 12.6 Å². The van der Waals surface area contributed by atoms with Crippen molar-refractivity contribution in [3.8, 4) is 0 Å².